The summed E-state index contributed by atoms with van der Waals surface area (Å²) in [6.45, 7) is 5.95. The molecular formula is C15H21N3O. The highest BCUT2D eigenvalue weighted by Crippen LogP contribution is 2.13. The smallest absolute Gasteiger partial charge is 0.233 e. The van der Waals surface area contributed by atoms with E-state index >= 15 is 0 Å². The summed E-state index contributed by atoms with van der Waals surface area (Å²) in [6, 6.07) is 8.32. The Morgan fingerprint density at radius 2 is 2.16 bits per heavy atom. The third kappa shape index (κ3) is 4.10. The van der Waals surface area contributed by atoms with Crippen LogP contribution in [-0.4, -0.2) is 24.0 Å². The molecule has 19 heavy (non-hydrogen) atoms. The minimum absolute atomic E-state index is 0.0506. The first-order valence-electron chi connectivity index (χ1n) is 6.68. The van der Waals surface area contributed by atoms with E-state index < -0.39 is 0 Å². The Kier molecular flexibility index (Phi) is 4.58. The molecule has 0 bridgehead atoms. The number of aromatic amines is 1. The third-order valence-electron chi connectivity index (χ3n) is 2.94. The first kappa shape index (κ1) is 13.6. The predicted octanol–water partition coefficient (Wildman–Crippen LogP) is 2.03. The van der Waals surface area contributed by atoms with Gasteiger partial charge >= 0.3 is 0 Å². The van der Waals surface area contributed by atoms with Crippen LogP contribution < -0.4 is 10.6 Å². The molecule has 1 aromatic heterocycles. The van der Waals surface area contributed by atoms with E-state index in [9.17, 15) is 4.79 Å². The summed E-state index contributed by atoms with van der Waals surface area (Å²) in [5.41, 5.74) is 2.30. The van der Waals surface area contributed by atoms with Gasteiger partial charge in [0, 0.05) is 24.8 Å². The van der Waals surface area contributed by atoms with E-state index in [0.717, 1.165) is 12.1 Å². The highest BCUT2D eigenvalue weighted by atomic mass is 16.1. The minimum atomic E-state index is 0.0506. The number of carbonyl (C=O) groups is 1. The van der Waals surface area contributed by atoms with Crippen molar-refractivity contribution in [3.8, 4) is 0 Å². The summed E-state index contributed by atoms with van der Waals surface area (Å²) in [5, 5.41) is 7.25. The molecule has 0 saturated heterocycles. The number of hydrogen-bond donors (Lipinski definition) is 3. The van der Waals surface area contributed by atoms with Crippen LogP contribution in [0.25, 0.3) is 10.9 Å². The Hall–Kier alpha value is -1.81. The summed E-state index contributed by atoms with van der Waals surface area (Å²) in [4.78, 5) is 14.7. The first-order valence-corrected chi connectivity index (χ1v) is 6.68. The largest absolute Gasteiger partial charge is 0.361 e. The minimum Gasteiger partial charge on any atom is -0.361 e. The maximum Gasteiger partial charge on any atom is 0.233 e. The van der Waals surface area contributed by atoms with Crippen molar-refractivity contribution in [1.82, 2.24) is 15.6 Å². The number of rotatable bonds is 6. The lowest BCUT2D eigenvalue weighted by Gasteiger charge is -2.08. The second-order valence-corrected chi connectivity index (χ2v) is 5.20. The second-order valence-electron chi connectivity index (χ2n) is 5.20. The fraction of sp³-hybridized carbons (Fsp3) is 0.400. The van der Waals surface area contributed by atoms with E-state index in [0.29, 0.717) is 19.0 Å². The maximum atomic E-state index is 11.5. The van der Waals surface area contributed by atoms with Gasteiger partial charge in [-0.25, -0.2) is 0 Å². The van der Waals surface area contributed by atoms with Crippen LogP contribution in [0.15, 0.2) is 30.5 Å². The molecule has 0 fully saturated rings. The Bertz CT molecular complexity index is 545. The molecule has 2 rings (SSSR count). The van der Waals surface area contributed by atoms with Crippen molar-refractivity contribution in [2.75, 3.05) is 13.1 Å². The van der Waals surface area contributed by atoms with Crippen LogP contribution >= 0.6 is 0 Å². The lowest BCUT2D eigenvalue weighted by atomic mass is 10.1. The Balaban J connectivity index is 1.77. The van der Waals surface area contributed by atoms with Gasteiger partial charge in [0.05, 0.1) is 6.54 Å². The predicted molar refractivity (Wildman–Crippen MR) is 77.9 cm³/mol. The van der Waals surface area contributed by atoms with Crippen LogP contribution in [0.4, 0.5) is 0 Å². The van der Waals surface area contributed by atoms with Crippen LogP contribution in [-0.2, 0) is 11.3 Å². The van der Waals surface area contributed by atoms with Gasteiger partial charge in [-0.3, -0.25) is 4.79 Å². The van der Waals surface area contributed by atoms with Crippen molar-refractivity contribution < 1.29 is 4.79 Å². The molecule has 102 valence electrons. The molecule has 0 atom stereocenters. The average molecular weight is 259 g/mol. The van der Waals surface area contributed by atoms with Crippen molar-refractivity contribution in [2.45, 2.75) is 20.4 Å². The molecule has 3 N–H and O–H groups in total. The van der Waals surface area contributed by atoms with Crippen LogP contribution in [0.1, 0.15) is 19.4 Å². The number of hydrogen-bond acceptors (Lipinski definition) is 2. The van der Waals surface area contributed by atoms with Crippen LogP contribution in [0, 0.1) is 5.92 Å². The average Bonchev–Trinajstić information content (AvgIpc) is 2.83. The van der Waals surface area contributed by atoms with Gasteiger partial charge in [-0.1, -0.05) is 26.0 Å². The normalized spacial score (nSPS) is 11.1. The SMILES string of the molecule is CC(C)CNC(=O)CNCc1ccc2cc[nH]c2c1. The van der Waals surface area contributed by atoms with Gasteiger partial charge in [-0.15, -0.1) is 0 Å². The Morgan fingerprint density at radius 3 is 2.95 bits per heavy atom. The molecule has 2 aromatic rings. The Labute approximate surface area is 113 Å². The lowest BCUT2D eigenvalue weighted by molar-refractivity contribution is -0.120. The van der Waals surface area contributed by atoms with Crippen molar-refractivity contribution in [3.63, 3.8) is 0 Å². The fourth-order valence-electron chi connectivity index (χ4n) is 1.91. The lowest BCUT2D eigenvalue weighted by Crippen LogP contribution is -2.35. The molecular weight excluding hydrogens is 238 g/mol. The van der Waals surface area contributed by atoms with E-state index in [1.54, 1.807) is 0 Å². The van der Waals surface area contributed by atoms with Gasteiger partial charge in [-0.2, -0.15) is 0 Å². The number of nitrogens with one attached hydrogen (secondary N) is 3. The van der Waals surface area contributed by atoms with Crippen molar-refractivity contribution in [2.24, 2.45) is 5.92 Å². The topological polar surface area (TPSA) is 56.9 Å². The van der Waals surface area contributed by atoms with E-state index in [1.807, 2.05) is 12.3 Å². The summed E-state index contributed by atoms with van der Waals surface area (Å²) >= 11 is 0. The zero-order valence-electron chi connectivity index (χ0n) is 11.5. The van der Waals surface area contributed by atoms with Gasteiger partial charge in [0.15, 0.2) is 0 Å². The Morgan fingerprint density at radius 1 is 1.32 bits per heavy atom. The van der Waals surface area contributed by atoms with Crippen LogP contribution in [0.3, 0.4) is 0 Å². The van der Waals surface area contributed by atoms with Crippen LogP contribution in [0.2, 0.25) is 0 Å². The first-order chi connectivity index (χ1) is 9.15. The quantitative estimate of drug-likeness (QED) is 0.743. The zero-order valence-corrected chi connectivity index (χ0v) is 11.5. The molecule has 0 aliphatic carbocycles. The number of carbonyl (C=O) groups excluding carboxylic acids is 1. The zero-order chi connectivity index (χ0) is 13.7. The summed E-state index contributed by atoms with van der Waals surface area (Å²) in [6.07, 6.45) is 1.93. The second kappa shape index (κ2) is 6.38. The van der Waals surface area contributed by atoms with Crippen molar-refractivity contribution >= 4 is 16.8 Å². The summed E-state index contributed by atoms with van der Waals surface area (Å²) < 4.78 is 0. The standard InChI is InChI=1S/C15H21N3O/c1-11(2)8-18-15(19)10-16-9-12-3-4-13-5-6-17-14(13)7-12/h3-7,11,16-17H,8-10H2,1-2H3,(H,18,19). The van der Waals surface area contributed by atoms with E-state index in [-0.39, 0.29) is 5.91 Å². The highest BCUT2D eigenvalue weighted by molar-refractivity contribution is 5.80. The van der Waals surface area contributed by atoms with E-state index in [1.165, 1.54) is 10.9 Å². The number of amides is 1. The molecule has 1 aromatic carbocycles. The molecule has 0 aliphatic rings. The van der Waals surface area contributed by atoms with E-state index in [2.05, 4.69) is 47.7 Å². The van der Waals surface area contributed by atoms with Crippen LogP contribution in [0.5, 0.6) is 0 Å². The monoisotopic (exact) mass is 259 g/mol. The molecule has 4 nitrogen and oxygen atoms in total. The number of benzene rings is 1. The molecule has 0 spiro atoms. The summed E-state index contributed by atoms with van der Waals surface area (Å²) in [5.74, 6) is 0.536. The number of H-pyrrole nitrogens is 1. The van der Waals surface area contributed by atoms with Gasteiger partial charge in [0.25, 0.3) is 0 Å². The van der Waals surface area contributed by atoms with Crippen molar-refractivity contribution in [1.29, 1.82) is 0 Å². The molecule has 0 aliphatic heterocycles. The van der Waals surface area contributed by atoms with Gasteiger partial charge in [0.2, 0.25) is 5.91 Å². The third-order valence-corrected chi connectivity index (χ3v) is 2.94. The molecule has 1 amide bonds. The van der Waals surface area contributed by atoms with E-state index in [4.69, 9.17) is 0 Å². The molecule has 4 heteroatoms. The molecule has 0 unspecified atom stereocenters. The number of aromatic nitrogens is 1. The molecule has 1 heterocycles. The molecule has 0 saturated carbocycles. The fourth-order valence-corrected chi connectivity index (χ4v) is 1.91. The number of fused-ring (bicyclic) bond motifs is 1. The van der Waals surface area contributed by atoms with Gasteiger partial charge < -0.3 is 15.6 Å². The van der Waals surface area contributed by atoms with Gasteiger partial charge in [0.1, 0.15) is 0 Å². The van der Waals surface area contributed by atoms with Gasteiger partial charge in [-0.05, 0) is 29.0 Å². The maximum absolute atomic E-state index is 11.5. The molecule has 0 radical (unpaired) electrons. The summed E-state index contributed by atoms with van der Waals surface area (Å²) in [7, 11) is 0. The van der Waals surface area contributed by atoms with Crippen molar-refractivity contribution in [3.05, 3.63) is 36.0 Å². The highest BCUT2D eigenvalue weighted by Gasteiger charge is 2.02.